The fraction of sp³-hybridized carbons (Fsp3) is 0.842. The average Bonchev–Trinajstić information content (AvgIpc) is 2.57. The van der Waals surface area contributed by atoms with Crippen LogP contribution in [0.3, 0.4) is 0 Å². The molecule has 1 aliphatic heterocycles. The highest BCUT2D eigenvalue weighted by atomic mass is 16.2. The van der Waals surface area contributed by atoms with Crippen LogP contribution in [0.5, 0.6) is 0 Å². The van der Waals surface area contributed by atoms with Crippen molar-refractivity contribution in [1.29, 1.82) is 0 Å². The quantitative estimate of drug-likeness (QED) is 0.764. The summed E-state index contributed by atoms with van der Waals surface area (Å²) in [5.74, 6) is 0.230. The summed E-state index contributed by atoms with van der Waals surface area (Å²) < 4.78 is 0. The molecule has 0 aromatic carbocycles. The lowest BCUT2D eigenvalue weighted by Crippen LogP contribution is -2.55. The summed E-state index contributed by atoms with van der Waals surface area (Å²) >= 11 is 0. The summed E-state index contributed by atoms with van der Waals surface area (Å²) in [6.45, 7) is 4.27. The molecule has 0 aromatic rings. The molecule has 1 saturated heterocycles. The van der Waals surface area contributed by atoms with Crippen LogP contribution < -0.4 is 5.32 Å². The number of likely N-dealkylation sites (tertiary alicyclic amines) is 1. The van der Waals surface area contributed by atoms with Gasteiger partial charge in [-0.25, -0.2) is 4.79 Å². The molecular weight excluding hydrogens is 332 g/mol. The zero-order chi connectivity index (χ0) is 19.3. The molecule has 1 saturated carbocycles. The zero-order valence-electron chi connectivity index (χ0n) is 16.7. The van der Waals surface area contributed by atoms with Crippen LogP contribution in [-0.2, 0) is 9.59 Å². The van der Waals surface area contributed by atoms with Crippen molar-refractivity contribution in [1.82, 2.24) is 20.0 Å². The summed E-state index contributed by atoms with van der Waals surface area (Å²) in [4.78, 5) is 43.1. The predicted molar refractivity (Wildman–Crippen MR) is 101 cm³/mol. The number of carbonyl (C=O) groups excluding carboxylic acids is 3. The first kappa shape index (κ1) is 20.8. The molecule has 2 aliphatic rings. The van der Waals surface area contributed by atoms with E-state index >= 15 is 0 Å². The number of rotatable bonds is 6. The van der Waals surface area contributed by atoms with Gasteiger partial charge in [0.15, 0.2) is 0 Å². The smallest absolute Gasteiger partial charge is 0.324 e. The lowest BCUT2D eigenvalue weighted by molar-refractivity contribution is -0.138. The highest BCUT2D eigenvalue weighted by Crippen LogP contribution is 2.36. The Balaban J connectivity index is 2.05. The molecule has 148 valence electrons. The summed E-state index contributed by atoms with van der Waals surface area (Å²) in [7, 11) is 6.00. The molecule has 0 bridgehead atoms. The Morgan fingerprint density at radius 1 is 1.27 bits per heavy atom. The van der Waals surface area contributed by atoms with E-state index in [0.717, 1.165) is 19.4 Å². The summed E-state index contributed by atoms with van der Waals surface area (Å²) in [6.07, 6.45) is 3.58. The molecule has 2 rings (SSSR count). The van der Waals surface area contributed by atoms with Crippen molar-refractivity contribution in [3.8, 4) is 0 Å². The van der Waals surface area contributed by atoms with E-state index < -0.39 is 0 Å². The highest BCUT2D eigenvalue weighted by molar-refractivity contribution is 5.95. The molecule has 1 heterocycles. The van der Waals surface area contributed by atoms with Gasteiger partial charge in [-0.15, -0.1) is 0 Å². The third-order valence-corrected chi connectivity index (χ3v) is 5.59. The third-order valence-electron chi connectivity index (χ3n) is 5.59. The van der Waals surface area contributed by atoms with Gasteiger partial charge in [-0.05, 0) is 59.8 Å². The fourth-order valence-corrected chi connectivity index (χ4v) is 4.32. The summed E-state index contributed by atoms with van der Waals surface area (Å²) in [5, 5.41) is 2.76. The van der Waals surface area contributed by atoms with Gasteiger partial charge in [0, 0.05) is 38.5 Å². The van der Waals surface area contributed by atoms with E-state index in [0.29, 0.717) is 50.7 Å². The number of Topliss-reactive ketones (excluding diaryl/α,β-unsaturated/α-hetero) is 1. The number of nitrogens with zero attached hydrogens (tertiary/aromatic N) is 3. The number of carbonyl (C=O) groups is 3. The van der Waals surface area contributed by atoms with Crippen LogP contribution in [0.15, 0.2) is 0 Å². The van der Waals surface area contributed by atoms with Crippen LogP contribution in [-0.4, -0.2) is 85.8 Å². The van der Waals surface area contributed by atoms with Crippen molar-refractivity contribution < 1.29 is 14.4 Å². The van der Waals surface area contributed by atoms with Crippen molar-refractivity contribution in [2.45, 2.75) is 45.1 Å². The molecule has 26 heavy (non-hydrogen) atoms. The molecule has 2 fully saturated rings. The van der Waals surface area contributed by atoms with Gasteiger partial charge in [0.2, 0.25) is 5.91 Å². The maximum atomic E-state index is 13.1. The number of nitrogens with one attached hydrogen (secondary N) is 1. The van der Waals surface area contributed by atoms with Gasteiger partial charge in [-0.3, -0.25) is 14.5 Å². The molecule has 7 nitrogen and oxygen atoms in total. The van der Waals surface area contributed by atoms with E-state index in [1.54, 1.807) is 0 Å². The number of piperidine rings is 1. The van der Waals surface area contributed by atoms with Crippen molar-refractivity contribution in [3.05, 3.63) is 0 Å². The highest BCUT2D eigenvalue weighted by Gasteiger charge is 2.42. The largest absolute Gasteiger partial charge is 0.338 e. The van der Waals surface area contributed by atoms with E-state index in [4.69, 9.17) is 0 Å². The van der Waals surface area contributed by atoms with E-state index in [1.165, 1.54) is 4.90 Å². The second-order valence-electron chi connectivity index (χ2n) is 7.96. The number of hydrogen-bond donors (Lipinski definition) is 1. The van der Waals surface area contributed by atoms with Crippen LogP contribution in [0.4, 0.5) is 4.79 Å². The molecule has 3 amide bonds. The zero-order valence-corrected chi connectivity index (χ0v) is 16.7. The van der Waals surface area contributed by atoms with Gasteiger partial charge in [-0.1, -0.05) is 0 Å². The minimum absolute atomic E-state index is 0.0990. The number of amides is 3. The second kappa shape index (κ2) is 9.46. The lowest BCUT2D eigenvalue weighted by Gasteiger charge is -2.45. The van der Waals surface area contributed by atoms with Gasteiger partial charge in [0.25, 0.3) is 0 Å². The van der Waals surface area contributed by atoms with E-state index in [2.05, 4.69) is 10.2 Å². The maximum Gasteiger partial charge on any atom is 0.324 e. The number of ketones is 1. The van der Waals surface area contributed by atoms with Crippen LogP contribution in [0.25, 0.3) is 0 Å². The molecule has 0 unspecified atom stereocenters. The maximum absolute atomic E-state index is 13.1. The van der Waals surface area contributed by atoms with Gasteiger partial charge < -0.3 is 15.1 Å². The van der Waals surface area contributed by atoms with Crippen molar-refractivity contribution in [2.24, 2.45) is 11.8 Å². The molecule has 1 aliphatic carbocycles. The Morgan fingerprint density at radius 3 is 2.65 bits per heavy atom. The minimum atomic E-state index is -0.305. The van der Waals surface area contributed by atoms with Gasteiger partial charge in [-0.2, -0.15) is 0 Å². The lowest BCUT2D eigenvalue weighted by atomic mass is 9.74. The normalized spacial score (nSPS) is 26.5. The van der Waals surface area contributed by atoms with E-state index in [9.17, 15) is 14.4 Å². The van der Waals surface area contributed by atoms with Crippen LogP contribution in [0.2, 0.25) is 0 Å². The van der Waals surface area contributed by atoms with Crippen LogP contribution >= 0.6 is 0 Å². The monoisotopic (exact) mass is 366 g/mol. The number of hydrogen-bond acceptors (Lipinski definition) is 5. The van der Waals surface area contributed by atoms with E-state index in [-0.39, 0.29) is 23.8 Å². The Kier molecular flexibility index (Phi) is 7.58. The number of fused-ring (bicyclic) bond motifs is 1. The van der Waals surface area contributed by atoms with Crippen molar-refractivity contribution in [2.75, 3.05) is 47.3 Å². The molecule has 0 aromatic heterocycles. The Morgan fingerprint density at radius 2 is 2.00 bits per heavy atom. The van der Waals surface area contributed by atoms with Crippen molar-refractivity contribution >= 4 is 17.7 Å². The first-order valence-corrected chi connectivity index (χ1v) is 9.79. The molecule has 0 radical (unpaired) electrons. The molecular formula is C19H34N4O3. The molecule has 0 spiro atoms. The summed E-state index contributed by atoms with van der Waals surface area (Å²) in [5.41, 5.74) is 0. The third kappa shape index (κ3) is 5.27. The van der Waals surface area contributed by atoms with Gasteiger partial charge in [0.1, 0.15) is 5.78 Å². The van der Waals surface area contributed by atoms with Gasteiger partial charge in [0.05, 0.1) is 5.92 Å². The molecule has 3 atom stereocenters. The molecule has 1 N–H and O–H groups in total. The predicted octanol–water partition coefficient (Wildman–Crippen LogP) is 1.19. The standard InChI is InChI=1S/C19H34N4O3/c1-5-20-19(26)23(10-6-9-21(2)3)18(25)15-11-14-12-16(24)7-8-17(14)22(4)13-15/h14-15,17H,5-13H2,1-4H3,(H,20,26)/t14-,15-,17-/m1/s1. The second-order valence-corrected chi connectivity index (χ2v) is 7.96. The number of imide groups is 1. The van der Waals surface area contributed by atoms with Crippen LogP contribution in [0.1, 0.15) is 39.0 Å². The first-order chi connectivity index (χ1) is 12.3. The van der Waals surface area contributed by atoms with Gasteiger partial charge >= 0.3 is 6.03 Å². The Hall–Kier alpha value is -1.47. The van der Waals surface area contributed by atoms with Crippen molar-refractivity contribution in [3.63, 3.8) is 0 Å². The minimum Gasteiger partial charge on any atom is -0.338 e. The fourth-order valence-electron chi connectivity index (χ4n) is 4.32. The topological polar surface area (TPSA) is 73.0 Å². The Bertz CT molecular complexity index is 523. The average molecular weight is 367 g/mol. The SMILES string of the molecule is CCNC(=O)N(CCCN(C)C)C(=O)[C@@H]1C[C@@H]2CC(=O)CC[C@H]2N(C)C1. The number of urea groups is 1. The summed E-state index contributed by atoms with van der Waals surface area (Å²) in [6, 6.07) is 0.0872. The van der Waals surface area contributed by atoms with Crippen LogP contribution in [0, 0.1) is 11.8 Å². The Labute approximate surface area is 157 Å². The first-order valence-electron chi connectivity index (χ1n) is 9.79. The molecule has 7 heteroatoms. The van der Waals surface area contributed by atoms with E-state index in [1.807, 2.05) is 33.0 Å².